The lowest BCUT2D eigenvalue weighted by Crippen LogP contribution is -2.19. The first-order chi connectivity index (χ1) is 5.61. The van der Waals surface area contributed by atoms with Gasteiger partial charge in [0.2, 0.25) is 0 Å². The number of hydrogen-bond acceptors (Lipinski definition) is 2. The lowest BCUT2D eigenvalue weighted by Gasteiger charge is -2.12. The smallest absolute Gasteiger partial charge is 0.160 e. The highest BCUT2D eigenvalue weighted by Gasteiger charge is 2.34. The molecule has 0 amide bonds. The molecular weight excluding hydrogens is 174 g/mol. The summed E-state index contributed by atoms with van der Waals surface area (Å²) in [5.41, 5.74) is 0.968. The van der Waals surface area contributed by atoms with E-state index in [0.717, 1.165) is 11.4 Å². The molecular formula is C9H10ClNO. The van der Waals surface area contributed by atoms with E-state index in [1.165, 1.54) is 0 Å². The van der Waals surface area contributed by atoms with Crippen LogP contribution in [0.3, 0.4) is 0 Å². The van der Waals surface area contributed by atoms with Gasteiger partial charge in [-0.1, -0.05) is 25.4 Å². The molecule has 0 N–H and O–H groups in total. The first-order valence-corrected chi connectivity index (χ1v) is 4.27. The number of pyridine rings is 1. The highest BCUT2D eigenvalue weighted by atomic mass is 35.5. The molecule has 0 atom stereocenters. The van der Waals surface area contributed by atoms with Gasteiger partial charge in [-0.15, -0.1) is 0 Å². The van der Waals surface area contributed by atoms with E-state index >= 15 is 0 Å². The Morgan fingerprint density at radius 3 is 3.00 bits per heavy atom. The van der Waals surface area contributed by atoms with Crippen molar-refractivity contribution in [3.8, 4) is 5.75 Å². The van der Waals surface area contributed by atoms with Gasteiger partial charge < -0.3 is 4.74 Å². The van der Waals surface area contributed by atoms with Gasteiger partial charge in [-0.3, -0.25) is 4.98 Å². The van der Waals surface area contributed by atoms with Crippen LogP contribution in [0.15, 0.2) is 12.3 Å². The second-order valence-corrected chi connectivity index (χ2v) is 4.05. The normalized spacial score (nSPS) is 18.6. The molecule has 1 aromatic rings. The van der Waals surface area contributed by atoms with E-state index in [1.807, 2.05) is 0 Å². The molecule has 0 radical (unpaired) electrons. The third-order valence-corrected chi connectivity index (χ3v) is 2.37. The van der Waals surface area contributed by atoms with Crippen LogP contribution in [0.25, 0.3) is 0 Å². The van der Waals surface area contributed by atoms with Crippen LogP contribution in [0.2, 0.25) is 5.02 Å². The van der Waals surface area contributed by atoms with E-state index in [2.05, 4.69) is 18.8 Å². The fourth-order valence-electron chi connectivity index (χ4n) is 1.37. The molecule has 2 heterocycles. The van der Waals surface area contributed by atoms with Gasteiger partial charge in [0.15, 0.2) is 5.75 Å². The van der Waals surface area contributed by atoms with Crippen LogP contribution in [-0.4, -0.2) is 11.6 Å². The van der Waals surface area contributed by atoms with Gasteiger partial charge in [0.1, 0.15) is 0 Å². The number of halogens is 1. The zero-order valence-electron chi connectivity index (χ0n) is 7.10. The average molecular weight is 184 g/mol. The third kappa shape index (κ3) is 0.985. The monoisotopic (exact) mass is 183 g/mol. The van der Waals surface area contributed by atoms with E-state index in [-0.39, 0.29) is 5.41 Å². The van der Waals surface area contributed by atoms with Crippen LogP contribution < -0.4 is 4.74 Å². The van der Waals surface area contributed by atoms with E-state index < -0.39 is 0 Å². The quantitative estimate of drug-likeness (QED) is 0.616. The molecule has 1 aliphatic rings. The number of ether oxygens (including phenoxy) is 1. The number of nitrogens with zero attached hydrogens (tertiary/aromatic N) is 1. The zero-order chi connectivity index (χ0) is 8.77. The van der Waals surface area contributed by atoms with Gasteiger partial charge in [0.25, 0.3) is 0 Å². The summed E-state index contributed by atoms with van der Waals surface area (Å²) >= 11 is 5.93. The Balaban J connectivity index is 2.61. The molecule has 64 valence electrons. The van der Waals surface area contributed by atoms with Gasteiger partial charge in [0, 0.05) is 11.6 Å². The second kappa shape index (κ2) is 2.36. The Labute approximate surface area is 76.5 Å². The Hall–Kier alpha value is -0.760. The van der Waals surface area contributed by atoms with Crippen molar-refractivity contribution in [1.29, 1.82) is 0 Å². The Kier molecular flexibility index (Phi) is 1.55. The van der Waals surface area contributed by atoms with Crippen molar-refractivity contribution < 1.29 is 4.74 Å². The van der Waals surface area contributed by atoms with Gasteiger partial charge in [-0.25, -0.2) is 0 Å². The Morgan fingerprint density at radius 2 is 2.33 bits per heavy atom. The molecule has 0 unspecified atom stereocenters. The molecule has 1 aromatic heterocycles. The van der Waals surface area contributed by atoms with Crippen molar-refractivity contribution in [3.63, 3.8) is 0 Å². The first-order valence-electron chi connectivity index (χ1n) is 3.89. The summed E-state index contributed by atoms with van der Waals surface area (Å²) in [6.45, 7) is 4.86. The zero-order valence-corrected chi connectivity index (χ0v) is 7.85. The molecule has 3 heteroatoms. The first kappa shape index (κ1) is 7.87. The van der Waals surface area contributed by atoms with Crippen molar-refractivity contribution in [2.45, 2.75) is 19.3 Å². The standard InChI is InChI=1S/C9H10ClNO/c1-9(2)5-12-7-6(10)3-4-11-8(7)9/h3-4H,5H2,1-2H3. The lowest BCUT2D eigenvalue weighted by atomic mass is 9.92. The maximum atomic E-state index is 5.93. The molecule has 1 aliphatic heterocycles. The van der Waals surface area contributed by atoms with Crippen molar-refractivity contribution in [2.75, 3.05) is 6.61 Å². The molecule has 0 fully saturated rings. The topological polar surface area (TPSA) is 22.1 Å². The van der Waals surface area contributed by atoms with Gasteiger partial charge in [-0.2, -0.15) is 0 Å². The Morgan fingerprint density at radius 1 is 1.58 bits per heavy atom. The van der Waals surface area contributed by atoms with Crippen LogP contribution in [0.5, 0.6) is 5.75 Å². The summed E-state index contributed by atoms with van der Waals surface area (Å²) in [4.78, 5) is 4.26. The molecule has 0 saturated carbocycles. The minimum absolute atomic E-state index is 0.000231. The summed E-state index contributed by atoms with van der Waals surface area (Å²) < 4.78 is 5.45. The van der Waals surface area contributed by atoms with Crippen LogP contribution in [0.1, 0.15) is 19.5 Å². The van der Waals surface area contributed by atoms with Crippen LogP contribution in [0.4, 0.5) is 0 Å². The summed E-state index contributed by atoms with van der Waals surface area (Å²) in [6, 6.07) is 1.75. The van der Waals surface area contributed by atoms with Crippen molar-refractivity contribution >= 4 is 11.6 Å². The predicted molar refractivity (Wildman–Crippen MR) is 47.8 cm³/mol. The van der Waals surface area contributed by atoms with Gasteiger partial charge >= 0.3 is 0 Å². The highest BCUT2D eigenvalue weighted by molar-refractivity contribution is 6.32. The Bertz CT molecular complexity index is 322. The fraction of sp³-hybridized carbons (Fsp3) is 0.444. The lowest BCUT2D eigenvalue weighted by molar-refractivity contribution is 0.290. The molecule has 2 nitrogen and oxygen atoms in total. The minimum Gasteiger partial charge on any atom is -0.489 e. The molecule has 0 spiro atoms. The fourth-order valence-corrected chi connectivity index (χ4v) is 1.57. The number of fused-ring (bicyclic) bond motifs is 1. The average Bonchev–Trinajstić information content (AvgIpc) is 2.30. The second-order valence-electron chi connectivity index (χ2n) is 3.64. The summed E-state index contributed by atoms with van der Waals surface area (Å²) in [5, 5.41) is 0.658. The molecule has 12 heavy (non-hydrogen) atoms. The number of rotatable bonds is 0. The van der Waals surface area contributed by atoms with E-state index in [1.54, 1.807) is 12.3 Å². The van der Waals surface area contributed by atoms with Crippen molar-refractivity contribution in [1.82, 2.24) is 4.98 Å². The summed E-state index contributed by atoms with van der Waals surface area (Å²) in [7, 11) is 0. The summed E-state index contributed by atoms with van der Waals surface area (Å²) in [6.07, 6.45) is 1.72. The highest BCUT2D eigenvalue weighted by Crippen LogP contribution is 2.40. The van der Waals surface area contributed by atoms with Crippen LogP contribution in [-0.2, 0) is 5.41 Å². The molecule has 0 aliphatic carbocycles. The SMILES string of the molecule is CC1(C)COc2c(Cl)ccnc21. The number of hydrogen-bond donors (Lipinski definition) is 0. The maximum Gasteiger partial charge on any atom is 0.160 e. The van der Waals surface area contributed by atoms with Crippen molar-refractivity contribution in [3.05, 3.63) is 23.0 Å². The van der Waals surface area contributed by atoms with Crippen LogP contribution >= 0.6 is 11.6 Å². The number of aromatic nitrogens is 1. The minimum atomic E-state index is 0.000231. The van der Waals surface area contributed by atoms with Crippen LogP contribution in [0, 0.1) is 0 Å². The predicted octanol–water partition coefficient (Wildman–Crippen LogP) is 2.41. The van der Waals surface area contributed by atoms with Gasteiger partial charge in [-0.05, 0) is 6.07 Å². The summed E-state index contributed by atoms with van der Waals surface area (Å²) in [5.74, 6) is 0.754. The molecule has 0 bridgehead atoms. The van der Waals surface area contributed by atoms with E-state index in [4.69, 9.17) is 16.3 Å². The maximum absolute atomic E-state index is 5.93. The van der Waals surface area contributed by atoms with E-state index in [9.17, 15) is 0 Å². The molecule has 0 aromatic carbocycles. The van der Waals surface area contributed by atoms with Crippen molar-refractivity contribution in [2.24, 2.45) is 0 Å². The third-order valence-electron chi connectivity index (χ3n) is 2.07. The van der Waals surface area contributed by atoms with E-state index in [0.29, 0.717) is 11.6 Å². The molecule has 2 rings (SSSR count). The van der Waals surface area contributed by atoms with Gasteiger partial charge in [0.05, 0.1) is 17.3 Å². The largest absolute Gasteiger partial charge is 0.489 e. The molecule has 0 saturated heterocycles.